The molecule has 0 saturated heterocycles. The number of unbranched alkanes of at least 4 members (excludes halogenated alkanes) is 7. The number of carboxylic acid groups (broad SMARTS) is 1. The number of carbonyl (C=O) groups is 6. The minimum Gasteiger partial charge on any atom is -0.481 e. The zero-order valence-electron chi connectivity index (χ0n) is 28.2. The van der Waals surface area contributed by atoms with Gasteiger partial charge in [0.2, 0.25) is 29.5 Å². The SMILES string of the molecule is C[C@H](NC(=O)[C@@H](C)CSCC(N)=O)C(=O)NCCOCCOCC(=O)N[C@@H](CCCN)C(=O)NCCCCCCCCCCC(=O)O. The number of ether oxygens (including phenoxy) is 2. The second-order valence-corrected chi connectivity index (χ2v) is 12.4. The van der Waals surface area contributed by atoms with E-state index in [0.717, 1.165) is 51.4 Å². The third-order valence-corrected chi connectivity index (χ3v) is 8.15. The first-order valence-electron chi connectivity index (χ1n) is 16.6. The van der Waals surface area contributed by atoms with Gasteiger partial charge in [0, 0.05) is 31.2 Å². The third kappa shape index (κ3) is 26.8. The highest BCUT2D eigenvalue weighted by molar-refractivity contribution is 7.99. The molecule has 47 heavy (non-hydrogen) atoms. The minimum atomic E-state index is -0.747. The first kappa shape index (κ1) is 44.0. The Morgan fingerprint density at radius 1 is 0.745 bits per heavy atom. The van der Waals surface area contributed by atoms with Gasteiger partial charge in [-0.15, -0.1) is 0 Å². The summed E-state index contributed by atoms with van der Waals surface area (Å²) in [5, 5.41) is 19.5. The summed E-state index contributed by atoms with van der Waals surface area (Å²) in [5.41, 5.74) is 10.7. The number of carbonyl (C=O) groups excluding carboxylic acids is 5. The van der Waals surface area contributed by atoms with E-state index >= 15 is 0 Å². The van der Waals surface area contributed by atoms with Gasteiger partial charge in [0.25, 0.3) is 0 Å². The van der Waals surface area contributed by atoms with Gasteiger partial charge in [-0.2, -0.15) is 11.8 Å². The van der Waals surface area contributed by atoms with E-state index in [-0.39, 0.29) is 68.8 Å². The summed E-state index contributed by atoms with van der Waals surface area (Å²) < 4.78 is 10.8. The van der Waals surface area contributed by atoms with Crippen LogP contribution in [-0.2, 0) is 38.2 Å². The summed E-state index contributed by atoms with van der Waals surface area (Å²) in [4.78, 5) is 70.7. The Balaban J connectivity index is 4.03. The van der Waals surface area contributed by atoms with Crippen LogP contribution in [-0.4, -0.2) is 110 Å². The molecule has 0 aromatic heterocycles. The van der Waals surface area contributed by atoms with Crippen LogP contribution in [0.4, 0.5) is 0 Å². The molecule has 0 aliphatic rings. The van der Waals surface area contributed by atoms with Crippen LogP contribution < -0.4 is 32.7 Å². The Morgan fingerprint density at radius 2 is 1.36 bits per heavy atom. The monoisotopic (exact) mass is 690 g/mol. The normalized spacial score (nSPS) is 12.8. The average Bonchev–Trinajstić information content (AvgIpc) is 3.02. The highest BCUT2D eigenvalue weighted by Crippen LogP contribution is 2.10. The Labute approximate surface area is 283 Å². The number of primary amides is 1. The van der Waals surface area contributed by atoms with Crippen molar-refractivity contribution in [2.75, 3.05) is 57.6 Å². The Morgan fingerprint density at radius 3 is 2.00 bits per heavy atom. The second kappa shape index (κ2) is 29.2. The van der Waals surface area contributed by atoms with Gasteiger partial charge in [0.15, 0.2) is 0 Å². The van der Waals surface area contributed by atoms with Crippen molar-refractivity contribution in [3.05, 3.63) is 0 Å². The highest BCUT2D eigenvalue weighted by atomic mass is 32.2. The van der Waals surface area contributed by atoms with E-state index in [1.165, 1.54) is 11.8 Å². The van der Waals surface area contributed by atoms with Gasteiger partial charge >= 0.3 is 5.97 Å². The van der Waals surface area contributed by atoms with Gasteiger partial charge in [-0.3, -0.25) is 28.8 Å². The number of thioether (sulfide) groups is 1. The molecule has 0 aromatic rings. The van der Waals surface area contributed by atoms with Gasteiger partial charge in [0.05, 0.1) is 25.6 Å². The molecule has 9 N–H and O–H groups in total. The Hall–Kier alpha value is -2.95. The number of nitrogens with two attached hydrogens (primary N) is 2. The maximum atomic E-state index is 12.6. The van der Waals surface area contributed by atoms with Gasteiger partial charge < -0.3 is 47.3 Å². The molecule has 0 aliphatic carbocycles. The number of aliphatic carboxylic acids is 1. The van der Waals surface area contributed by atoms with Crippen molar-refractivity contribution in [2.24, 2.45) is 17.4 Å². The lowest BCUT2D eigenvalue weighted by atomic mass is 10.1. The molecule has 272 valence electrons. The molecule has 15 nitrogen and oxygen atoms in total. The first-order chi connectivity index (χ1) is 22.5. The topological polar surface area (TPSA) is 241 Å². The maximum Gasteiger partial charge on any atom is 0.303 e. The molecule has 0 radical (unpaired) electrons. The van der Waals surface area contributed by atoms with Crippen LogP contribution in [0.2, 0.25) is 0 Å². The summed E-state index contributed by atoms with van der Waals surface area (Å²) >= 11 is 1.26. The van der Waals surface area contributed by atoms with Gasteiger partial charge in [-0.25, -0.2) is 0 Å². The maximum absolute atomic E-state index is 12.6. The molecular formula is C31H58N6O9S. The van der Waals surface area contributed by atoms with E-state index in [9.17, 15) is 28.8 Å². The quantitative estimate of drug-likeness (QED) is 0.0492. The van der Waals surface area contributed by atoms with Crippen LogP contribution in [0.3, 0.4) is 0 Å². The van der Waals surface area contributed by atoms with E-state index in [4.69, 9.17) is 26.0 Å². The van der Waals surface area contributed by atoms with Crippen molar-refractivity contribution in [3.8, 4) is 0 Å². The molecule has 0 bridgehead atoms. The number of amides is 5. The van der Waals surface area contributed by atoms with Crippen molar-refractivity contribution in [2.45, 2.75) is 96.6 Å². The van der Waals surface area contributed by atoms with Gasteiger partial charge in [-0.05, 0) is 39.2 Å². The lowest BCUT2D eigenvalue weighted by Gasteiger charge is -2.18. The predicted molar refractivity (Wildman–Crippen MR) is 180 cm³/mol. The first-order valence-corrected chi connectivity index (χ1v) is 17.7. The molecule has 0 fully saturated rings. The smallest absolute Gasteiger partial charge is 0.303 e. The minimum absolute atomic E-state index is 0.130. The second-order valence-electron chi connectivity index (χ2n) is 11.4. The third-order valence-electron chi connectivity index (χ3n) is 6.93. The zero-order chi connectivity index (χ0) is 35.3. The number of rotatable bonds is 31. The van der Waals surface area contributed by atoms with Crippen LogP contribution in [0.1, 0.15) is 84.5 Å². The largest absolute Gasteiger partial charge is 0.481 e. The predicted octanol–water partition coefficient (Wildman–Crippen LogP) is 0.431. The van der Waals surface area contributed by atoms with Crippen LogP contribution in [0.5, 0.6) is 0 Å². The van der Waals surface area contributed by atoms with Gasteiger partial charge in [0.1, 0.15) is 18.7 Å². The standard InChI is InChI=1S/C31H58N6O9S/c1-23(21-47-22-26(33)38)29(42)36-24(2)30(43)35-16-17-45-18-19-46-20-27(39)37-25(12-11-14-32)31(44)34-15-10-8-6-4-3-5-7-9-13-28(40)41/h23-25H,3-22,32H2,1-2H3,(H2,33,38)(H,34,44)(H,35,43)(H,36,42)(H,37,39)(H,40,41)/t23-,24-,25-/m0/s1. The van der Waals surface area contributed by atoms with Crippen molar-refractivity contribution in [3.63, 3.8) is 0 Å². The molecule has 5 amide bonds. The molecule has 0 saturated carbocycles. The molecule has 0 rings (SSSR count). The fraction of sp³-hybridized carbons (Fsp3) is 0.806. The highest BCUT2D eigenvalue weighted by Gasteiger charge is 2.21. The van der Waals surface area contributed by atoms with E-state index < -0.39 is 29.9 Å². The lowest BCUT2D eigenvalue weighted by molar-refractivity contribution is -0.137. The van der Waals surface area contributed by atoms with Crippen molar-refractivity contribution in [1.29, 1.82) is 0 Å². The van der Waals surface area contributed by atoms with Crippen molar-refractivity contribution < 1.29 is 43.3 Å². The fourth-order valence-electron chi connectivity index (χ4n) is 4.24. The van der Waals surface area contributed by atoms with E-state index in [1.807, 2.05) is 0 Å². The number of hydrogen-bond acceptors (Lipinski definition) is 10. The molecule has 0 unspecified atom stereocenters. The molecule has 0 heterocycles. The molecule has 16 heteroatoms. The van der Waals surface area contributed by atoms with Crippen molar-refractivity contribution >= 4 is 47.3 Å². The lowest BCUT2D eigenvalue weighted by Crippen LogP contribution is -2.48. The fourth-order valence-corrected chi connectivity index (χ4v) is 5.06. The zero-order valence-corrected chi connectivity index (χ0v) is 29.0. The van der Waals surface area contributed by atoms with E-state index in [2.05, 4.69) is 21.3 Å². The summed E-state index contributed by atoms with van der Waals surface area (Å²) in [5.74, 6) is -2.38. The number of carboxylic acids is 1. The molecule has 0 spiro atoms. The van der Waals surface area contributed by atoms with Crippen LogP contribution in [0.15, 0.2) is 0 Å². The number of hydrogen-bond donors (Lipinski definition) is 7. The Kier molecular flexibility index (Phi) is 27.4. The average molecular weight is 691 g/mol. The van der Waals surface area contributed by atoms with Crippen LogP contribution in [0.25, 0.3) is 0 Å². The van der Waals surface area contributed by atoms with Crippen molar-refractivity contribution in [1.82, 2.24) is 21.3 Å². The summed E-state index contributed by atoms with van der Waals surface area (Å²) in [6, 6.07) is -1.44. The van der Waals surface area contributed by atoms with Crippen LogP contribution >= 0.6 is 11.8 Å². The molecule has 0 aromatic carbocycles. The van der Waals surface area contributed by atoms with Crippen LogP contribution in [0, 0.1) is 5.92 Å². The summed E-state index contributed by atoms with van der Waals surface area (Å²) in [7, 11) is 0. The Bertz CT molecular complexity index is 928. The summed E-state index contributed by atoms with van der Waals surface area (Å²) in [6.45, 7) is 4.72. The molecule has 3 atom stereocenters. The molecule has 0 aliphatic heterocycles. The number of nitrogens with one attached hydrogen (secondary N) is 4. The molecular weight excluding hydrogens is 632 g/mol. The van der Waals surface area contributed by atoms with E-state index in [1.54, 1.807) is 13.8 Å². The van der Waals surface area contributed by atoms with Gasteiger partial charge in [-0.1, -0.05) is 45.4 Å². The summed E-state index contributed by atoms with van der Waals surface area (Å²) in [6.07, 6.45) is 8.96. The van der Waals surface area contributed by atoms with E-state index in [0.29, 0.717) is 31.7 Å².